The number of hydrogen-bond acceptors (Lipinski definition) is 6. The van der Waals surface area contributed by atoms with Gasteiger partial charge in [-0.3, -0.25) is 24.1 Å². The van der Waals surface area contributed by atoms with Crippen molar-refractivity contribution in [3.63, 3.8) is 0 Å². The minimum Gasteiger partial charge on any atom is -0.353 e. The highest BCUT2D eigenvalue weighted by Crippen LogP contribution is 2.21. The van der Waals surface area contributed by atoms with Gasteiger partial charge in [-0.2, -0.15) is 0 Å². The highest BCUT2D eigenvalue weighted by molar-refractivity contribution is 7.89. The zero-order chi connectivity index (χ0) is 22.6. The Morgan fingerprint density at radius 1 is 0.903 bits per heavy atom. The van der Waals surface area contributed by atoms with Gasteiger partial charge in [0.2, 0.25) is 21.8 Å². The molecule has 3 rings (SSSR count). The number of rotatable bonds is 8. The molecule has 0 aliphatic carbocycles. The Labute approximate surface area is 178 Å². The molecule has 4 amide bonds. The number of amides is 4. The molecule has 0 radical (unpaired) electrons. The molecule has 0 aromatic heterocycles. The molecule has 10 nitrogen and oxygen atoms in total. The predicted molar refractivity (Wildman–Crippen MR) is 111 cm³/mol. The minimum atomic E-state index is -3.81. The van der Waals surface area contributed by atoms with Gasteiger partial charge in [0.05, 0.1) is 16.0 Å². The van der Waals surface area contributed by atoms with Gasteiger partial charge in [0.1, 0.15) is 6.54 Å². The number of imide groups is 1. The molecule has 3 N–H and O–H groups in total. The van der Waals surface area contributed by atoms with Gasteiger partial charge in [-0.15, -0.1) is 0 Å². The molecule has 0 atom stereocenters. The van der Waals surface area contributed by atoms with Crippen LogP contribution in [-0.2, 0) is 19.6 Å². The van der Waals surface area contributed by atoms with Gasteiger partial charge in [0.25, 0.3) is 11.8 Å². The van der Waals surface area contributed by atoms with Gasteiger partial charge in [-0.05, 0) is 36.4 Å². The maximum Gasteiger partial charge on any atom is 0.262 e. The van der Waals surface area contributed by atoms with Crippen molar-refractivity contribution in [3.05, 3.63) is 59.7 Å². The van der Waals surface area contributed by atoms with E-state index < -0.39 is 34.3 Å². The monoisotopic (exact) mass is 444 g/mol. The molecule has 0 fully saturated rings. The number of anilines is 1. The summed E-state index contributed by atoms with van der Waals surface area (Å²) in [6, 6.07) is 11.9. The van der Waals surface area contributed by atoms with E-state index in [-0.39, 0.29) is 35.0 Å². The van der Waals surface area contributed by atoms with Crippen LogP contribution < -0.4 is 15.4 Å². The third kappa shape index (κ3) is 5.13. The van der Waals surface area contributed by atoms with Crippen molar-refractivity contribution < 1.29 is 27.6 Å². The van der Waals surface area contributed by atoms with Crippen LogP contribution in [0.25, 0.3) is 0 Å². The topological polar surface area (TPSA) is 142 Å². The van der Waals surface area contributed by atoms with Crippen molar-refractivity contribution in [1.29, 1.82) is 0 Å². The number of carbonyl (C=O) groups excluding carboxylic acids is 4. The summed E-state index contributed by atoms with van der Waals surface area (Å²) in [6.07, 6.45) is 0. The Bertz CT molecular complexity index is 1110. The summed E-state index contributed by atoms with van der Waals surface area (Å²) >= 11 is 0. The molecule has 0 saturated carbocycles. The van der Waals surface area contributed by atoms with Crippen molar-refractivity contribution >= 4 is 39.3 Å². The van der Waals surface area contributed by atoms with E-state index in [4.69, 9.17) is 0 Å². The van der Waals surface area contributed by atoms with Crippen molar-refractivity contribution in [1.82, 2.24) is 14.9 Å². The lowest BCUT2D eigenvalue weighted by Crippen LogP contribution is -2.42. The SMILES string of the molecule is CC(=O)Nc1ccc(S(=O)(=O)NCCNC(=O)CN2C(=O)c3ccccc3C2=O)cc1. The van der Waals surface area contributed by atoms with Crippen molar-refractivity contribution in [2.24, 2.45) is 0 Å². The van der Waals surface area contributed by atoms with Crippen LogP contribution >= 0.6 is 0 Å². The summed E-state index contributed by atoms with van der Waals surface area (Å²) in [4.78, 5) is 48.5. The molecule has 0 unspecified atom stereocenters. The zero-order valence-electron chi connectivity index (χ0n) is 16.5. The molecule has 1 heterocycles. The van der Waals surface area contributed by atoms with Gasteiger partial charge in [-0.25, -0.2) is 13.1 Å². The van der Waals surface area contributed by atoms with Crippen LogP contribution in [0.5, 0.6) is 0 Å². The van der Waals surface area contributed by atoms with Crippen LogP contribution in [0.3, 0.4) is 0 Å². The van der Waals surface area contributed by atoms with Gasteiger partial charge >= 0.3 is 0 Å². The average molecular weight is 444 g/mol. The second kappa shape index (κ2) is 9.06. The molecule has 0 bridgehead atoms. The third-order valence-electron chi connectivity index (χ3n) is 4.40. The predicted octanol–water partition coefficient (Wildman–Crippen LogP) is 0.336. The lowest BCUT2D eigenvalue weighted by molar-refractivity contribution is -0.121. The van der Waals surface area contributed by atoms with Gasteiger partial charge in [0.15, 0.2) is 0 Å². The molecule has 1 aliphatic rings. The molecule has 31 heavy (non-hydrogen) atoms. The molecule has 162 valence electrons. The maximum atomic E-state index is 12.3. The molecular weight excluding hydrogens is 424 g/mol. The summed E-state index contributed by atoms with van der Waals surface area (Å²) < 4.78 is 26.9. The number of fused-ring (bicyclic) bond motifs is 1. The van der Waals surface area contributed by atoms with E-state index in [0.717, 1.165) is 4.90 Å². The Morgan fingerprint density at radius 2 is 1.48 bits per heavy atom. The molecular formula is C20H20N4O6S. The molecule has 1 aliphatic heterocycles. The second-order valence-corrected chi connectivity index (χ2v) is 8.46. The molecule has 0 spiro atoms. The van der Waals surface area contributed by atoms with Gasteiger partial charge in [0, 0.05) is 25.7 Å². The smallest absolute Gasteiger partial charge is 0.262 e. The van der Waals surface area contributed by atoms with E-state index in [1.807, 2.05) is 0 Å². The number of sulfonamides is 1. The molecule has 11 heteroatoms. The third-order valence-corrected chi connectivity index (χ3v) is 5.88. The summed E-state index contributed by atoms with van der Waals surface area (Å²) in [5.41, 5.74) is 0.960. The fourth-order valence-electron chi connectivity index (χ4n) is 2.97. The molecule has 2 aromatic rings. The summed E-state index contributed by atoms with van der Waals surface area (Å²) in [7, 11) is -3.81. The average Bonchev–Trinajstić information content (AvgIpc) is 2.96. The standard InChI is InChI=1S/C20H20N4O6S/c1-13(25)23-14-6-8-15(9-7-14)31(29,30)22-11-10-21-18(26)12-24-19(27)16-4-2-3-5-17(16)20(24)28/h2-9,22H,10-12H2,1H3,(H,21,26)(H,23,25). The second-order valence-electron chi connectivity index (χ2n) is 6.70. The van der Waals surface area contributed by atoms with E-state index in [9.17, 15) is 27.6 Å². The highest BCUT2D eigenvalue weighted by atomic mass is 32.2. The van der Waals surface area contributed by atoms with Gasteiger partial charge in [-0.1, -0.05) is 12.1 Å². The van der Waals surface area contributed by atoms with E-state index in [0.29, 0.717) is 5.69 Å². The van der Waals surface area contributed by atoms with Crippen molar-refractivity contribution in [2.75, 3.05) is 25.0 Å². The first-order valence-corrected chi connectivity index (χ1v) is 10.8. The summed E-state index contributed by atoms with van der Waals surface area (Å²) in [6.45, 7) is 0.757. The molecule has 0 saturated heterocycles. The zero-order valence-corrected chi connectivity index (χ0v) is 17.4. The fraction of sp³-hybridized carbons (Fsp3) is 0.200. The van der Waals surface area contributed by atoms with E-state index in [2.05, 4.69) is 15.4 Å². The van der Waals surface area contributed by atoms with Crippen LogP contribution in [-0.4, -0.2) is 56.6 Å². The Morgan fingerprint density at radius 3 is 2.03 bits per heavy atom. The summed E-state index contributed by atoms with van der Waals surface area (Å²) in [5.74, 6) is -1.95. The number of nitrogens with one attached hydrogen (secondary N) is 3. The van der Waals surface area contributed by atoms with Gasteiger partial charge < -0.3 is 10.6 Å². The first-order valence-electron chi connectivity index (χ1n) is 9.28. The Balaban J connectivity index is 1.47. The van der Waals surface area contributed by atoms with Crippen LogP contribution in [0.15, 0.2) is 53.4 Å². The summed E-state index contributed by atoms with van der Waals surface area (Å²) in [5, 5.41) is 5.01. The van der Waals surface area contributed by atoms with Crippen LogP contribution in [0.4, 0.5) is 5.69 Å². The van der Waals surface area contributed by atoms with Crippen LogP contribution in [0.1, 0.15) is 27.6 Å². The minimum absolute atomic E-state index is 0.000969. The Kier molecular flexibility index (Phi) is 6.47. The molecule has 2 aromatic carbocycles. The highest BCUT2D eigenvalue weighted by Gasteiger charge is 2.36. The first-order chi connectivity index (χ1) is 14.7. The number of carbonyl (C=O) groups is 4. The van der Waals surface area contributed by atoms with Crippen LogP contribution in [0, 0.1) is 0 Å². The number of benzene rings is 2. The normalized spacial score (nSPS) is 13.1. The first kappa shape index (κ1) is 22.1. The quantitative estimate of drug-likeness (QED) is 0.396. The van der Waals surface area contributed by atoms with E-state index in [1.54, 1.807) is 12.1 Å². The lowest BCUT2D eigenvalue weighted by atomic mass is 10.1. The van der Waals surface area contributed by atoms with Crippen LogP contribution in [0.2, 0.25) is 0 Å². The largest absolute Gasteiger partial charge is 0.353 e. The lowest BCUT2D eigenvalue weighted by Gasteiger charge is -2.14. The van der Waals surface area contributed by atoms with Crippen molar-refractivity contribution in [3.8, 4) is 0 Å². The van der Waals surface area contributed by atoms with E-state index in [1.165, 1.54) is 43.3 Å². The van der Waals surface area contributed by atoms with Crippen molar-refractivity contribution in [2.45, 2.75) is 11.8 Å². The Hall–Kier alpha value is -3.57. The number of hydrogen-bond donors (Lipinski definition) is 3. The maximum absolute atomic E-state index is 12.3. The fourth-order valence-corrected chi connectivity index (χ4v) is 4.01. The van der Waals surface area contributed by atoms with E-state index >= 15 is 0 Å². The number of nitrogens with zero attached hydrogens (tertiary/aromatic N) is 1.